The summed E-state index contributed by atoms with van der Waals surface area (Å²) in [4.78, 5) is 15.7. The predicted octanol–water partition coefficient (Wildman–Crippen LogP) is -0.195. The van der Waals surface area contributed by atoms with Gasteiger partial charge in [-0.1, -0.05) is 20.8 Å². The number of amides is 1. The SMILES string of the molecule is Cn1cnc(CNC(=O)[C@@H](N)C(C)(C)C)n1. The van der Waals surface area contributed by atoms with Crippen molar-refractivity contribution in [3.05, 3.63) is 12.2 Å². The van der Waals surface area contributed by atoms with E-state index < -0.39 is 6.04 Å². The molecule has 6 heteroatoms. The molecule has 90 valence electrons. The molecule has 0 aromatic carbocycles. The van der Waals surface area contributed by atoms with Gasteiger partial charge in [-0.2, -0.15) is 5.10 Å². The average molecular weight is 225 g/mol. The van der Waals surface area contributed by atoms with Gasteiger partial charge in [0.05, 0.1) is 12.6 Å². The molecule has 0 radical (unpaired) electrons. The number of nitrogens with zero attached hydrogens (tertiary/aromatic N) is 3. The van der Waals surface area contributed by atoms with E-state index in [0.29, 0.717) is 12.4 Å². The third-order valence-electron chi connectivity index (χ3n) is 2.28. The Morgan fingerprint density at radius 3 is 2.69 bits per heavy atom. The normalized spacial score (nSPS) is 13.6. The van der Waals surface area contributed by atoms with E-state index in [2.05, 4.69) is 15.4 Å². The van der Waals surface area contributed by atoms with E-state index in [1.165, 1.54) is 0 Å². The number of nitrogens with one attached hydrogen (secondary N) is 1. The highest BCUT2D eigenvalue weighted by Crippen LogP contribution is 2.17. The molecular formula is C10H19N5O. The van der Waals surface area contributed by atoms with Gasteiger partial charge in [0.15, 0.2) is 5.82 Å². The maximum atomic E-state index is 11.7. The van der Waals surface area contributed by atoms with E-state index in [0.717, 1.165) is 0 Å². The fraction of sp³-hybridized carbons (Fsp3) is 0.700. The maximum Gasteiger partial charge on any atom is 0.237 e. The van der Waals surface area contributed by atoms with E-state index in [1.54, 1.807) is 18.1 Å². The van der Waals surface area contributed by atoms with Gasteiger partial charge in [-0.05, 0) is 5.41 Å². The van der Waals surface area contributed by atoms with Gasteiger partial charge in [0.25, 0.3) is 0 Å². The van der Waals surface area contributed by atoms with E-state index in [9.17, 15) is 4.79 Å². The van der Waals surface area contributed by atoms with Crippen LogP contribution in [-0.2, 0) is 18.4 Å². The van der Waals surface area contributed by atoms with Crippen molar-refractivity contribution in [3.8, 4) is 0 Å². The van der Waals surface area contributed by atoms with Crippen molar-refractivity contribution in [2.24, 2.45) is 18.2 Å². The summed E-state index contributed by atoms with van der Waals surface area (Å²) in [6, 6.07) is -0.531. The van der Waals surface area contributed by atoms with Crippen LogP contribution in [0.2, 0.25) is 0 Å². The van der Waals surface area contributed by atoms with Crippen LogP contribution in [0, 0.1) is 5.41 Å². The topological polar surface area (TPSA) is 85.8 Å². The fourth-order valence-corrected chi connectivity index (χ4v) is 1.13. The third kappa shape index (κ3) is 3.30. The first-order valence-corrected chi connectivity index (χ1v) is 5.18. The molecule has 0 bridgehead atoms. The minimum atomic E-state index is -0.531. The van der Waals surface area contributed by atoms with E-state index in [-0.39, 0.29) is 11.3 Å². The number of aryl methyl sites for hydroxylation is 1. The van der Waals surface area contributed by atoms with E-state index in [4.69, 9.17) is 5.73 Å². The molecule has 0 saturated heterocycles. The number of hydrogen-bond donors (Lipinski definition) is 2. The zero-order chi connectivity index (χ0) is 12.3. The van der Waals surface area contributed by atoms with Gasteiger partial charge < -0.3 is 11.1 Å². The fourth-order valence-electron chi connectivity index (χ4n) is 1.13. The molecule has 3 N–H and O–H groups in total. The number of carbonyl (C=O) groups is 1. The molecule has 1 aromatic rings. The Hall–Kier alpha value is -1.43. The monoisotopic (exact) mass is 225 g/mol. The third-order valence-corrected chi connectivity index (χ3v) is 2.28. The summed E-state index contributed by atoms with van der Waals surface area (Å²) in [6.45, 7) is 6.09. The summed E-state index contributed by atoms with van der Waals surface area (Å²) in [5.41, 5.74) is 5.56. The number of carbonyl (C=O) groups excluding carboxylic acids is 1. The van der Waals surface area contributed by atoms with Crippen LogP contribution in [-0.4, -0.2) is 26.7 Å². The first kappa shape index (κ1) is 12.6. The lowest BCUT2D eigenvalue weighted by molar-refractivity contribution is -0.124. The molecule has 0 spiro atoms. The lowest BCUT2D eigenvalue weighted by Gasteiger charge is -2.25. The van der Waals surface area contributed by atoms with Crippen molar-refractivity contribution in [3.63, 3.8) is 0 Å². The van der Waals surface area contributed by atoms with Crippen LogP contribution in [0.25, 0.3) is 0 Å². The molecule has 16 heavy (non-hydrogen) atoms. The van der Waals surface area contributed by atoms with E-state index >= 15 is 0 Å². The molecule has 0 unspecified atom stereocenters. The second kappa shape index (κ2) is 4.61. The maximum absolute atomic E-state index is 11.7. The summed E-state index contributed by atoms with van der Waals surface area (Å²) < 4.78 is 1.59. The molecule has 6 nitrogen and oxygen atoms in total. The van der Waals surface area contributed by atoms with Crippen molar-refractivity contribution < 1.29 is 4.79 Å². The first-order chi connectivity index (χ1) is 7.30. The van der Waals surface area contributed by atoms with Crippen molar-refractivity contribution >= 4 is 5.91 Å². The standard InChI is InChI=1S/C10H19N5O/c1-10(2,3)8(11)9(16)12-5-7-13-6-15(4)14-7/h6,8H,5,11H2,1-4H3,(H,12,16)/t8-/m1/s1. The van der Waals surface area contributed by atoms with Crippen LogP contribution in [0.1, 0.15) is 26.6 Å². The highest BCUT2D eigenvalue weighted by molar-refractivity contribution is 5.82. The Labute approximate surface area is 95.2 Å². The van der Waals surface area contributed by atoms with E-state index in [1.807, 2.05) is 20.8 Å². The number of hydrogen-bond acceptors (Lipinski definition) is 4. The second-order valence-electron chi connectivity index (χ2n) is 4.90. The molecule has 0 saturated carbocycles. The zero-order valence-corrected chi connectivity index (χ0v) is 10.2. The van der Waals surface area contributed by atoms with Crippen molar-refractivity contribution in [1.82, 2.24) is 20.1 Å². The van der Waals surface area contributed by atoms with Crippen LogP contribution in [0.4, 0.5) is 0 Å². The summed E-state index contributed by atoms with van der Waals surface area (Å²) >= 11 is 0. The Morgan fingerprint density at radius 2 is 2.25 bits per heavy atom. The molecular weight excluding hydrogens is 206 g/mol. The van der Waals surface area contributed by atoms with Gasteiger partial charge in [0, 0.05) is 7.05 Å². The highest BCUT2D eigenvalue weighted by Gasteiger charge is 2.27. The summed E-state index contributed by atoms with van der Waals surface area (Å²) in [5.74, 6) is 0.400. The Kier molecular flexibility index (Phi) is 3.64. The Morgan fingerprint density at radius 1 is 1.62 bits per heavy atom. The van der Waals surface area contributed by atoms with Crippen LogP contribution in [0.3, 0.4) is 0 Å². The Balaban J connectivity index is 2.47. The summed E-state index contributed by atoms with van der Waals surface area (Å²) in [6.07, 6.45) is 1.59. The van der Waals surface area contributed by atoms with Crippen molar-refractivity contribution in [1.29, 1.82) is 0 Å². The highest BCUT2D eigenvalue weighted by atomic mass is 16.2. The van der Waals surface area contributed by atoms with Crippen molar-refractivity contribution in [2.45, 2.75) is 33.4 Å². The van der Waals surface area contributed by atoms with Crippen LogP contribution in [0.5, 0.6) is 0 Å². The molecule has 0 aliphatic carbocycles. The van der Waals surface area contributed by atoms with Crippen LogP contribution in [0.15, 0.2) is 6.33 Å². The molecule has 0 aliphatic heterocycles. The van der Waals surface area contributed by atoms with Gasteiger partial charge in [-0.15, -0.1) is 0 Å². The smallest absolute Gasteiger partial charge is 0.237 e. The zero-order valence-electron chi connectivity index (χ0n) is 10.2. The number of aromatic nitrogens is 3. The lowest BCUT2D eigenvalue weighted by atomic mass is 9.87. The Bertz CT molecular complexity index is 366. The minimum Gasteiger partial charge on any atom is -0.347 e. The van der Waals surface area contributed by atoms with Gasteiger partial charge in [-0.3, -0.25) is 9.48 Å². The predicted molar refractivity (Wildman–Crippen MR) is 60.3 cm³/mol. The molecule has 1 heterocycles. The lowest BCUT2D eigenvalue weighted by Crippen LogP contribution is -2.48. The molecule has 1 aromatic heterocycles. The van der Waals surface area contributed by atoms with Gasteiger partial charge in [0.1, 0.15) is 6.33 Å². The van der Waals surface area contributed by atoms with Crippen molar-refractivity contribution in [2.75, 3.05) is 0 Å². The quantitative estimate of drug-likeness (QED) is 0.746. The van der Waals surface area contributed by atoms with Gasteiger partial charge in [0.2, 0.25) is 5.91 Å². The van der Waals surface area contributed by atoms with Gasteiger partial charge >= 0.3 is 0 Å². The second-order valence-corrected chi connectivity index (χ2v) is 4.90. The van der Waals surface area contributed by atoms with Crippen LogP contribution >= 0.6 is 0 Å². The number of rotatable bonds is 3. The summed E-state index contributed by atoms with van der Waals surface area (Å²) in [7, 11) is 1.78. The minimum absolute atomic E-state index is 0.181. The molecule has 0 fully saturated rings. The molecule has 0 aliphatic rings. The summed E-state index contributed by atoms with van der Waals surface area (Å²) in [5, 5.41) is 6.77. The molecule has 1 amide bonds. The molecule has 1 rings (SSSR count). The molecule has 1 atom stereocenters. The van der Waals surface area contributed by atoms with Crippen LogP contribution < -0.4 is 11.1 Å². The average Bonchev–Trinajstić information content (AvgIpc) is 2.58. The number of nitrogens with two attached hydrogens (primary N) is 1. The van der Waals surface area contributed by atoms with Gasteiger partial charge in [-0.25, -0.2) is 4.98 Å². The largest absolute Gasteiger partial charge is 0.347 e. The first-order valence-electron chi connectivity index (χ1n) is 5.18.